The summed E-state index contributed by atoms with van der Waals surface area (Å²) in [5.74, 6) is 0.237. The average molecular weight is 306 g/mol. The van der Waals surface area contributed by atoms with Gasteiger partial charge in [-0.05, 0) is 38.3 Å². The molecule has 0 aromatic heterocycles. The number of rotatable bonds is 8. The van der Waals surface area contributed by atoms with Crippen LogP contribution in [0.1, 0.15) is 32.6 Å². The van der Waals surface area contributed by atoms with Crippen molar-refractivity contribution in [2.24, 2.45) is 5.92 Å². The molecule has 0 saturated carbocycles. The molecular weight excluding hydrogens is 280 g/mol. The highest BCUT2D eigenvalue weighted by Gasteiger charge is 2.27. The quantitative estimate of drug-likeness (QED) is 0.664. The second kappa shape index (κ2) is 8.59. The van der Waals surface area contributed by atoms with Crippen LogP contribution >= 0.6 is 0 Å². The van der Waals surface area contributed by atoms with Gasteiger partial charge in [0.1, 0.15) is 0 Å². The fourth-order valence-corrected chi connectivity index (χ4v) is 3.90. The van der Waals surface area contributed by atoms with Crippen molar-refractivity contribution in [3.63, 3.8) is 0 Å². The van der Waals surface area contributed by atoms with E-state index in [1.807, 2.05) is 0 Å². The molecule has 118 valence electrons. The van der Waals surface area contributed by atoms with E-state index in [4.69, 9.17) is 0 Å². The Kier molecular flexibility index (Phi) is 7.47. The van der Waals surface area contributed by atoms with E-state index in [0.717, 1.165) is 25.9 Å². The summed E-state index contributed by atoms with van der Waals surface area (Å²) >= 11 is 0. The van der Waals surface area contributed by atoms with Crippen LogP contribution in [0.2, 0.25) is 0 Å². The largest absolute Gasteiger partial charge is 0.469 e. The summed E-state index contributed by atoms with van der Waals surface area (Å²) < 4.78 is 30.3. The van der Waals surface area contributed by atoms with Crippen LogP contribution in [0.5, 0.6) is 0 Å². The lowest BCUT2D eigenvalue weighted by atomic mass is 9.98. The third-order valence-corrected chi connectivity index (χ3v) is 5.62. The Morgan fingerprint density at radius 1 is 1.35 bits per heavy atom. The minimum absolute atomic E-state index is 0.0278. The molecule has 1 rings (SSSR count). The fourth-order valence-electron chi connectivity index (χ4n) is 2.37. The lowest BCUT2D eigenvalue weighted by Crippen LogP contribution is -2.41. The van der Waals surface area contributed by atoms with Crippen molar-refractivity contribution in [1.82, 2.24) is 9.62 Å². The molecule has 1 fully saturated rings. The van der Waals surface area contributed by atoms with Gasteiger partial charge in [-0.25, -0.2) is 12.7 Å². The molecule has 0 amide bonds. The second-order valence-corrected chi connectivity index (χ2v) is 7.23. The number of ether oxygens (including phenoxy) is 1. The van der Waals surface area contributed by atoms with Crippen molar-refractivity contribution in [1.29, 1.82) is 0 Å². The summed E-state index contributed by atoms with van der Waals surface area (Å²) in [5, 5.41) is 3.31. The van der Waals surface area contributed by atoms with Gasteiger partial charge in [-0.15, -0.1) is 0 Å². The summed E-state index contributed by atoms with van der Waals surface area (Å²) in [4.78, 5) is 11.0. The highest BCUT2D eigenvalue weighted by Crippen LogP contribution is 2.19. The van der Waals surface area contributed by atoms with Gasteiger partial charge in [0, 0.05) is 19.5 Å². The zero-order chi connectivity index (χ0) is 15.0. The zero-order valence-corrected chi connectivity index (χ0v) is 13.2. The van der Waals surface area contributed by atoms with E-state index < -0.39 is 10.0 Å². The van der Waals surface area contributed by atoms with Gasteiger partial charge in [0.05, 0.1) is 12.9 Å². The first-order valence-corrected chi connectivity index (χ1v) is 8.86. The monoisotopic (exact) mass is 306 g/mol. The molecule has 0 radical (unpaired) electrons. The van der Waals surface area contributed by atoms with Crippen molar-refractivity contribution in [2.75, 3.05) is 39.0 Å². The Labute approximate surface area is 121 Å². The van der Waals surface area contributed by atoms with Gasteiger partial charge in [-0.2, -0.15) is 0 Å². The number of esters is 1. The molecule has 7 heteroatoms. The summed E-state index contributed by atoms with van der Waals surface area (Å²) in [7, 11) is -1.91. The molecule has 1 heterocycles. The average Bonchev–Trinajstić information content (AvgIpc) is 2.45. The van der Waals surface area contributed by atoms with Crippen molar-refractivity contribution < 1.29 is 17.9 Å². The van der Waals surface area contributed by atoms with Crippen LogP contribution < -0.4 is 5.32 Å². The van der Waals surface area contributed by atoms with E-state index in [-0.39, 0.29) is 18.1 Å². The molecule has 6 nitrogen and oxygen atoms in total. The van der Waals surface area contributed by atoms with Crippen LogP contribution in [0.25, 0.3) is 0 Å². The van der Waals surface area contributed by atoms with Crippen LogP contribution in [0.4, 0.5) is 0 Å². The van der Waals surface area contributed by atoms with E-state index in [0.29, 0.717) is 25.4 Å². The number of nitrogens with one attached hydrogen (secondary N) is 1. The van der Waals surface area contributed by atoms with Crippen molar-refractivity contribution in [3.8, 4) is 0 Å². The van der Waals surface area contributed by atoms with Gasteiger partial charge in [0.15, 0.2) is 0 Å². The molecule has 0 bridgehead atoms. The van der Waals surface area contributed by atoms with Crippen LogP contribution in [-0.4, -0.2) is 57.7 Å². The van der Waals surface area contributed by atoms with Gasteiger partial charge >= 0.3 is 5.97 Å². The second-order valence-electron chi connectivity index (χ2n) is 5.15. The Balaban J connectivity index is 2.33. The number of hydrogen-bond donors (Lipinski definition) is 1. The smallest absolute Gasteiger partial charge is 0.305 e. The standard InChI is InChI=1S/C13H26N2O4S/c1-3-14-11-12-6-8-15(9-7-12)20(17,18)10-4-5-13(16)19-2/h12,14H,3-11H2,1-2H3. The molecule has 0 spiro atoms. The van der Waals surface area contributed by atoms with Gasteiger partial charge in [-0.1, -0.05) is 6.92 Å². The molecule has 0 atom stereocenters. The summed E-state index contributed by atoms with van der Waals surface area (Å²) in [6.45, 7) is 5.17. The van der Waals surface area contributed by atoms with E-state index in [9.17, 15) is 13.2 Å². The number of nitrogens with zero attached hydrogens (tertiary/aromatic N) is 1. The Hall–Kier alpha value is -0.660. The molecule has 1 aliphatic heterocycles. The normalized spacial score (nSPS) is 18.1. The number of methoxy groups -OCH3 is 1. The van der Waals surface area contributed by atoms with Crippen LogP contribution in [0.15, 0.2) is 0 Å². The number of carbonyl (C=O) groups is 1. The SMILES string of the molecule is CCNCC1CCN(S(=O)(=O)CCCC(=O)OC)CC1. The van der Waals surface area contributed by atoms with E-state index in [1.165, 1.54) is 7.11 Å². The lowest BCUT2D eigenvalue weighted by molar-refractivity contribution is -0.140. The zero-order valence-electron chi connectivity index (χ0n) is 12.4. The van der Waals surface area contributed by atoms with Crippen molar-refractivity contribution in [2.45, 2.75) is 32.6 Å². The molecule has 20 heavy (non-hydrogen) atoms. The maximum absolute atomic E-state index is 12.1. The number of hydrogen-bond acceptors (Lipinski definition) is 5. The third kappa shape index (κ3) is 5.76. The highest BCUT2D eigenvalue weighted by molar-refractivity contribution is 7.89. The highest BCUT2D eigenvalue weighted by atomic mass is 32.2. The maximum atomic E-state index is 12.1. The first kappa shape index (κ1) is 17.4. The molecular formula is C13H26N2O4S. The first-order chi connectivity index (χ1) is 9.49. The fraction of sp³-hybridized carbons (Fsp3) is 0.923. The van der Waals surface area contributed by atoms with Crippen molar-refractivity contribution in [3.05, 3.63) is 0 Å². The molecule has 1 aliphatic rings. The van der Waals surface area contributed by atoms with Crippen LogP contribution in [-0.2, 0) is 19.6 Å². The van der Waals surface area contributed by atoms with Crippen molar-refractivity contribution >= 4 is 16.0 Å². The molecule has 0 aromatic carbocycles. The summed E-state index contributed by atoms with van der Waals surface area (Å²) in [5.41, 5.74) is 0. The van der Waals surface area contributed by atoms with E-state index in [2.05, 4.69) is 17.0 Å². The Morgan fingerprint density at radius 2 is 2.00 bits per heavy atom. The first-order valence-electron chi connectivity index (χ1n) is 7.25. The molecule has 1 saturated heterocycles. The minimum atomic E-state index is -3.23. The predicted octanol–water partition coefficient (Wildman–Crippen LogP) is 0.591. The Bertz CT molecular complexity index is 389. The van der Waals surface area contributed by atoms with Gasteiger partial charge in [0.25, 0.3) is 0 Å². The lowest BCUT2D eigenvalue weighted by Gasteiger charge is -2.31. The molecule has 1 N–H and O–H groups in total. The van der Waals surface area contributed by atoms with E-state index in [1.54, 1.807) is 4.31 Å². The molecule has 0 aromatic rings. The Morgan fingerprint density at radius 3 is 2.55 bits per heavy atom. The third-order valence-electron chi connectivity index (χ3n) is 3.66. The minimum Gasteiger partial charge on any atom is -0.469 e. The van der Waals surface area contributed by atoms with Gasteiger partial charge < -0.3 is 10.1 Å². The summed E-state index contributed by atoms with van der Waals surface area (Å²) in [6.07, 6.45) is 2.30. The predicted molar refractivity (Wildman–Crippen MR) is 77.9 cm³/mol. The van der Waals surface area contributed by atoms with E-state index >= 15 is 0 Å². The van der Waals surface area contributed by atoms with Gasteiger partial charge in [-0.3, -0.25) is 4.79 Å². The number of piperidine rings is 1. The summed E-state index contributed by atoms with van der Waals surface area (Å²) in [6, 6.07) is 0. The topological polar surface area (TPSA) is 75.7 Å². The number of sulfonamides is 1. The van der Waals surface area contributed by atoms with Crippen LogP contribution in [0.3, 0.4) is 0 Å². The van der Waals surface area contributed by atoms with Gasteiger partial charge in [0.2, 0.25) is 10.0 Å². The molecule has 0 aliphatic carbocycles. The van der Waals surface area contributed by atoms with Crippen LogP contribution in [0, 0.1) is 5.92 Å². The maximum Gasteiger partial charge on any atom is 0.305 e. The molecule has 0 unspecified atom stereocenters. The number of carbonyl (C=O) groups excluding carboxylic acids is 1.